The van der Waals surface area contributed by atoms with Crippen LogP contribution >= 0.6 is 0 Å². The second-order valence-electron chi connectivity index (χ2n) is 12.2. The molecule has 4 aromatic rings. The first-order valence-corrected chi connectivity index (χ1v) is 16.2. The Hall–Kier alpha value is -5.15. The van der Waals surface area contributed by atoms with E-state index in [1.807, 2.05) is 135 Å². The molecular weight excluding hydrogens is 606 g/mol. The number of aliphatic hydroxyl groups is 1. The first kappa shape index (κ1) is 35.7. The number of benzene rings is 4. The van der Waals surface area contributed by atoms with Gasteiger partial charge in [0.2, 0.25) is 6.29 Å². The number of hydrogen-bond donors (Lipinski definition) is 4. The highest BCUT2D eigenvalue weighted by atomic mass is 16.5. The van der Waals surface area contributed by atoms with Gasteiger partial charge in [0.1, 0.15) is 18.1 Å². The topological polar surface area (TPSA) is 126 Å². The number of rotatable bonds is 17. The summed E-state index contributed by atoms with van der Waals surface area (Å²) in [7, 11) is 0. The van der Waals surface area contributed by atoms with Gasteiger partial charge >= 0.3 is 12.1 Å². The van der Waals surface area contributed by atoms with Crippen LogP contribution in [0, 0.1) is 5.92 Å². The van der Waals surface area contributed by atoms with Gasteiger partial charge in [-0.05, 0) is 72.6 Å². The molecule has 3 unspecified atom stereocenters. The van der Waals surface area contributed by atoms with Gasteiger partial charge in [-0.2, -0.15) is 0 Å². The number of nitrogens with one attached hydrogen (secondary N) is 3. The predicted octanol–water partition coefficient (Wildman–Crippen LogP) is 6.50. The van der Waals surface area contributed by atoms with Crippen molar-refractivity contribution in [3.05, 3.63) is 132 Å². The molecule has 48 heavy (non-hydrogen) atoms. The van der Waals surface area contributed by atoms with E-state index in [1.54, 1.807) is 0 Å². The minimum atomic E-state index is -1.07. The van der Waals surface area contributed by atoms with Crippen LogP contribution in [-0.4, -0.2) is 47.7 Å². The Kier molecular flexibility index (Phi) is 14.0. The Morgan fingerprint density at radius 1 is 0.688 bits per heavy atom. The Morgan fingerprint density at radius 3 is 1.85 bits per heavy atom. The van der Waals surface area contributed by atoms with Gasteiger partial charge in [-0.25, -0.2) is 9.59 Å². The van der Waals surface area contributed by atoms with Crippen LogP contribution in [0.4, 0.5) is 9.59 Å². The average Bonchev–Trinajstić information content (AvgIpc) is 3.08. The van der Waals surface area contributed by atoms with E-state index in [4.69, 9.17) is 9.47 Å². The molecular formula is C39H44N3O6. The summed E-state index contributed by atoms with van der Waals surface area (Å²) in [6.45, 7) is 4.00. The first-order chi connectivity index (χ1) is 23.3. The maximum absolute atomic E-state index is 13.1. The molecule has 0 spiro atoms. The molecule has 0 aliphatic carbocycles. The fraction of sp³-hybridized carbons (Fsp3) is 0.308. The van der Waals surface area contributed by atoms with Gasteiger partial charge in [-0.3, -0.25) is 4.79 Å². The van der Waals surface area contributed by atoms with Crippen molar-refractivity contribution in [2.45, 2.75) is 70.4 Å². The number of amides is 3. The Morgan fingerprint density at radius 2 is 1.25 bits per heavy atom. The highest BCUT2D eigenvalue weighted by molar-refractivity contribution is 5.78. The fourth-order valence-electron chi connectivity index (χ4n) is 5.31. The monoisotopic (exact) mass is 650 g/mol. The summed E-state index contributed by atoms with van der Waals surface area (Å²) in [5, 5.41) is 20.1. The van der Waals surface area contributed by atoms with E-state index in [9.17, 15) is 19.5 Å². The van der Waals surface area contributed by atoms with Gasteiger partial charge in [0.05, 0.1) is 18.2 Å². The molecule has 1 radical (unpaired) electrons. The number of carbonyl (C=O) groups excluding carboxylic acids is 3. The van der Waals surface area contributed by atoms with Gasteiger partial charge in [0.15, 0.2) is 0 Å². The second-order valence-corrected chi connectivity index (χ2v) is 12.2. The van der Waals surface area contributed by atoms with Crippen molar-refractivity contribution in [1.29, 1.82) is 0 Å². The van der Waals surface area contributed by atoms with Crippen molar-refractivity contribution in [2.75, 3.05) is 0 Å². The molecule has 4 rings (SSSR count). The number of para-hydroxylation sites is 1. The molecule has 0 aliphatic heterocycles. The minimum absolute atomic E-state index is 0.0838. The molecule has 0 aromatic heterocycles. The van der Waals surface area contributed by atoms with Gasteiger partial charge in [0, 0.05) is 6.04 Å². The molecule has 9 nitrogen and oxygen atoms in total. The Balaban J connectivity index is 1.48. The van der Waals surface area contributed by atoms with Crippen LogP contribution in [0.3, 0.4) is 0 Å². The van der Waals surface area contributed by atoms with E-state index in [2.05, 4.69) is 16.0 Å². The maximum Gasteiger partial charge on any atom is 0.407 e. The molecule has 4 atom stereocenters. The molecule has 0 bridgehead atoms. The third-order valence-corrected chi connectivity index (χ3v) is 7.68. The lowest BCUT2D eigenvalue weighted by Gasteiger charge is -2.28. The molecule has 251 valence electrons. The van der Waals surface area contributed by atoms with E-state index in [0.29, 0.717) is 30.8 Å². The lowest BCUT2D eigenvalue weighted by molar-refractivity contribution is 0.0898. The average molecular weight is 651 g/mol. The smallest absolute Gasteiger partial charge is 0.407 e. The summed E-state index contributed by atoms with van der Waals surface area (Å²) in [4.78, 5) is 37.5. The molecule has 4 aromatic carbocycles. The Bertz CT molecular complexity index is 1530. The summed E-state index contributed by atoms with van der Waals surface area (Å²) in [6.07, 6.45) is 1.43. The predicted molar refractivity (Wildman–Crippen MR) is 185 cm³/mol. The van der Waals surface area contributed by atoms with E-state index in [0.717, 1.165) is 16.7 Å². The normalized spacial score (nSPS) is 13.4. The number of alkyl carbamates (subject to hydrolysis) is 1. The second kappa shape index (κ2) is 18.9. The quantitative estimate of drug-likeness (QED) is 0.103. The molecule has 4 N–H and O–H groups in total. The number of ether oxygens (including phenoxy) is 2. The van der Waals surface area contributed by atoms with Crippen molar-refractivity contribution in [2.24, 2.45) is 5.92 Å². The minimum Gasteiger partial charge on any atom is -0.457 e. The van der Waals surface area contributed by atoms with Gasteiger partial charge in [-0.1, -0.05) is 105 Å². The SMILES string of the molecule is CC(C)C[C@@H]([C]=O)NC(=O)NC(Cc1ccc(Oc2ccccc2)cc1)CC(O)C(Cc1ccccc1)NC(=O)OCc1ccccc1. The first-order valence-electron chi connectivity index (χ1n) is 16.2. The van der Waals surface area contributed by atoms with E-state index < -0.39 is 36.4 Å². The van der Waals surface area contributed by atoms with E-state index in [1.165, 1.54) is 0 Å². The van der Waals surface area contributed by atoms with Gasteiger partial charge in [-0.15, -0.1) is 0 Å². The summed E-state index contributed by atoms with van der Waals surface area (Å²) >= 11 is 0. The highest BCUT2D eigenvalue weighted by Gasteiger charge is 2.27. The zero-order valence-electron chi connectivity index (χ0n) is 27.4. The summed E-state index contributed by atoms with van der Waals surface area (Å²) < 4.78 is 11.4. The van der Waals surface area contributed by atoms with Crippen LogP contribution in [0.1, 0.15) is 43.4 Å². The summed E-state index contributed by atoms with van der Waals surface area (Å²) in [5.74, 6) is 1.55. The van der Waals surface area contributed by atoms with Crippen molar-refractivity contribution in [1.82, 2.24) is 16.0 Å². The summed E-state index contributed by atoms with van der Waals surface area (Å²) in [6, 6.07) is 33.2. The van der Waals surface area contributed by atoms with Crippen LogP contribution in [0.25, 0.3) is 0 Å². The van der Waals surface area contributed by atoms with Gasteiger partial charge < -0.3 is 30.5 Å². The van der Waals surface area contributed by atoms with Crippen LogP contribution in [0.5, 0.6) is 11.5 Å². The molecule has 0 saturated heterocycles. The van der Waals surface area contributed by atoms with E-state index in [-0.39, 0.29) is 18.9 Å². The number of urea groups is 1. The highest BCUT2D eigenvalue weighted by Crippen LogP contribution is 2.22. The number of carbonyl (C=O) groups is 2. The fourth-order valence-corrected chi connectivity index (χ4v) is 5.31. The molecule has 3 amide bonds. The van der Waals surface area contributed by atoms with Gasteiger partial charge in [0.25, 0.3) is 0 Å². The van der Waals surface area contributed by atoms with Crippen LogP contribution < -0.4 is 20.7 Å². The lowest BCUT2D eigenvalue weighted by Crippen LogP contribution is -2.51. The van der Waals surface area contributed by atoms with Crippen molar-refractivity contribution >= 4 is 18.4 Å². The van der Waals surface area contributed by atoms with Crippen LogP contribution in [0.15, 0.2) is 115 Å². The Labute approximate surface area is 282 Å². The zero-order chi connectivity index (χ0) is 34.1. The lowest BCUT2D eigenvalue weighted by atomic mass is 9.93. The number of aliphatic hydroxyl groups excluding tert-OH is 1. The standard InChI is InChI=1S/C39H44N3O6/c1-28(2)22-33(26-43)41-38(45)40-32(23-30-18-20-35(21-19-30)48-34-16-10-5-11-17-34)25-37(44)36(24-29-12-6-3-7-13-29)42-39(46)47-27-31-14-8-4-9-15-31/h3-21,28,32-33,36-37,44H,22-25,27H2,1-2H3,(H,42,46)(H2,40,41,45)/t32?,33-,36?,37?/m0/s1. The number of hydrogen-bond acceptors (Lipinski definition) is 6. The third-order valence-electron chi connectivity index (χ3n) is 7.68. The van der Waals surface area contributed by atoms with Crippen molar-refractivity contribution in [3.8, 4) is 11.5 Å². The van der Waals surface area contributed by atoms with Crippen LogP contribution in [0.2, 0.25) is 0 Å². The third kappa shape index (κ3) is 12.6. The molecule has 0 saturated carbocycles. The van der Waals surface area contributed by atoms with Crippen molar-refractivity contribution in [3.63, 3.8) is 0 Å². The molecule has 0 heterocycles. The largest absolute Gasteiger partial charge is 0.457 e. The van der Waals surface area contributed by atoms with Crippen LogP contribution in [-0.2, 0) is 29.0 Å². The molecule has 0 fully saturated rings. The maximum atomic E-state index is 13.1. The zero-order valence-corrected chi connectivity index (χ0v) is 27.4. The van der Waals surface area contributed by atoms with Crippen molar-refractivity contribution < 1.29 is 29.0 Å². The van der Waals surface area contributed by atoms with E-state index >= 15 is 0 Å². The summed E-state index contributed by atoms with van der Waals surface area (Å²) in [5.41, 5.74) is 2.65. The molecule has 0 aliphatic rings. The molecule has 9 heteroatoms.